The largest absolute Gasteiger partial charge is 0.335 e. The Hall–Kier alpha value is -1.56. The Bertz CT molecular complexity index is 728. The van der Waals surface area contributed by atoms with E-state index in [4.69, 9.17) is 0 Å². The average Bonchev–Trinajstić information content (AvgIpc) is 2.77. The van der Waals surface area contributed by atoms with E-state index < -0.39 is 9.84 Å². The second-order valence-corrected chi connectivity index (χ2v) is 9.93. The minimum absolute atomic E-state index is 0.0565. The van der Waals surface area contributed by atoms with E-state index in [1.165, 1.54) is 11.1 Å². The van der Waals surface area contributed by atoms with Gasteiger partial charge in [0.1, 0.15) is 0 Å². The Balaban J connectivity index is 1.63. The van der Waals surface area contributed by atoms with Crippen LogP contribution in [0.2, 0.25) is 0 Å². The maximum atomic E-state index is 12.2. The van der Waals surface area contributed by atoms with E-state index in [1.807, 2.05) is 6.07 Å². The van der Waals surface area contributed by atoms with Gasteiger partial charge in [-0.05, 0) is 42.2 Å². The molecule has 0 bridgehead atoms. The highest BCUT2D eigenvalue weighted by Crippen LogP contribution is 2.35. The molecule has 0 spiro atoms. The van der Waals surface area contributed by atoms with Crippen LogP contribution in [0, 0.1) is 0 Å². The standard InChI is InChI=1S/C18H26N2O3S/c1-18(2)9-7-14(11-13-5-3-4-6-16(13)18)19-17(21)20-15-8-10-24(22,23)12-15/h3-6,14-15H,7-12H2,1-2H3,(H2,19,20,21). The lowest BCUT2D eigenvalue weighted by Crippen LogP contribution is -2.47. The van der Waals surface area contributed by atoms with Crippen LogP contribution >= 0.6 is 0 Å². The lowest BCUT2D eigenvalue weighted by atomic mass is 9.80. The first-order chi connectivity index (χ1) is 11.3. The lowest BCUT2D eigenvalue weighted by molar-refractivity contribution is 0.232. The molecule has 0 saturated carbocycles. The topological polar surface area (TPSA) is 75.3 Å². The number of hydrogen-bond donors (Lipinski definition) is 2. The molecule has 24 heavy (non-hydrogen) atoms. The molecule has 2 amide bonds. The van der Waals surface area contributed by atoms with E-state index >= 15 is 0 Å². The van der Waals surface area contributed by atoms with Crippen molar-refractivity contribution < 1.29 is 13.2 Å². The van der Waals surface area contributed by atoms with Crippen molar-refractivity contribution in [2.24, 2.45) is 0 Å². The van der Waals surface area contributed by atoms with E-state index in [0.717, 1.165) is 19.3 Å². The third-order valence-electron chi connectivity index (χ3n) is 5.23. The van der Waals surface area contributed by atoms with Gasteiger partial charge in [0.25, 0.3) is 0 Å². The summed E-state index contributed by atoms with van der Waals surface area (Å²) in [5.74, 6) is 0.226. The summed E-state index contributed by atoms with van der Waals surface area (Å²) < 4.78 is 23.0. The van der Waals surface area contributed by atoms with Gasteiger partial charge in [-0.1, -0.05) is 38.1 Å². The summed E-state index contributed by atoms with van der Waals surface area (Å²) in [5, 5.41) is 5.86. The molecule has 1 aliphatic carbocycles. The summed E-state index contributed by atoms with van der Waals surface area (Å²) in [6.07, 6.45) is 3.25. The van der Waals surface area contributed by atoms with Gasteiger partial charge in [0, 0.05) is 12.1 Å². The zero-order valence-corrected chi connectivity index (χ0v) is 15.2. The molecule has 1 heterocycles. The molecule has 3 rings (SSSR count). The lowest BCUT2D eigenvalue weighted by Gasteiger charge is -2.25. The smallest absolute Gasteiger partial charge is 0.315 e. The second-order valence-electron chi connectivity index (χ2n) is 7.70. The molecular formula is C18H26N2O3S. The molecule has 2 N–H and O–H groups in total. The van der Waals surface area contributed by atoms with Crippen molar-refractivity contribution in [1.29, 1.82) is 0 Å². The first kappa shape index (κ1) is 17.3. The van der Waals surface area contributed by atoms with Crippen LogP contribution in [0.4, 0.5) is 4.79 Å². The van der Waals surface area contributed by atoms with Crippen LogP contribution in [0.15, 0.2) is 24.3 Å². The van der Waals surface area contributed by atoms with Crippen molar-refractivity contribution in [3.05, 3.63) is 35.4 Å². The predicted molar refractivity (Wildman–Crippen MR) is 94.9 cm³/mol. The second kappa shape index (κ2) is 6.39. The molecule has 1 aliphatic heterocycles. The summed E-state index contributed by atoms with van der Waals surface area (Å²) >= 11 is 0. The van der Waals surface area contributed by atoms with Crippen LogP contribution in [0.3, 0.4) is 0 Å². The van der Waals surface area contributed by atoms with Gasteiger partial charge < -0.3 is 10.6 Å². The number of benzene rings is 1. The number of carbonyl (C=O) groups is 1. The molecule has 2 atom stereocenters. The van der Waals surface area contributed by atoms with E-state index in [0.29, 0.717) is 6.42 Å². The fourth-order valence-electron chi connectivity index (χ4n) is 3.84. The molecule has 132 valence electrons. The molecule has 2 unspecified atom stereocenters. The highest BCUT2D eigenvalue weighted by molar-refractivity contribution is 7.91. The maximum Gasteiger partial charge on any atom is 0.315 e. The molecule has 2 aliphatic rings. The monoisotopic (exact) mass is 350 g/mol. The SMILES string of the molecule is CC1(C)CCC(NC(=O)NC2CCS(=O)(=O)C2)Cc2ccccc21. The third-order valence-corrected chi connectivity index (χ3v) is 7.00. The van der Waals surface area contributed by atoms with Gasteiger partial charge in [-0.15, -0.1) is 0 Å². The van der Waals surface area contributed by atoms with Gasteiger partial charge >= 0.3 is 6.03 Å². The number of amides is 2. The minimum Gasteiger partial charge on any atom is -0.335 e. The van der Waals surface area contributed by atoms with Gasteiger partial charge in [-0.25, -0.2) is 13.2 Å². The van der Waals surface area contributed by atoms with Crippen LogP contribution < -0.4 is 10.6 Å². The highest BCUT2D eigenvalue weighted by atomic mass is 32.2. The number of nitrogens with one attached hydrogen (secondary N) is 2. The van der Waals surface area contributed by atoms with Crippen molar-refractivity contribution in [1.82, 2.24) is 10.6 Å². The van der Waals surface area contributed by atoms with Crippen molar-refractivity contribution in [3.63, 3.8) is 0 Å². The van der Waals surface area contributed by atoms with E-state index in [2.05, 4.69) is 42.7 Å². The molecule has 5 nitrogen and oxygen atoms in total. The molecule has 1 fully saturated rings. The van der Waals surface area contributed by atoms with Crippen LogP contribution in [0.1, 0.15) is 44.2 Å². The molecule has 1 saturated heterocycles. The minimum atomic E-state index is -2.98. The zero-order valence-electron chi connectivity index (χ0n) is 14.3. The number of sulfone groups is 1. The van der Waals surface area contributed by atoms with E-state index in [9.17, 15) is 13.2 Å². The first-order valence-electron chi connectivity index (χ1n) is 8.61. The van der Waals surface area contributed by atoms with Crippen LogP contribution in [-0.2, 0) is 21.7 Å². The molecule has 1 aromatic rings. The Labute approximate surface area is 144 Å². The number of hydrogen-bond acceptors (Lipinski definition) is 3. The van der Waals surface area contributed by atoms with Crippen LogP contribution in [0.5, 0.6) is 0 Å². The number of fused-ring (bicyclic) bond motifs is 1. The summed E-state index contributed by atoms with van der Waals surface area (Å²) in [7, 11) is -2.98. The fourth-order valence-corrected chi connectivity index (χ4v) is 5.51. The number of rotatable bonds is 2. The van der Waals surface area contributed by atoms with Crippen molar-refractivity contribution in [3.8, 4) is 0 Å². The molecule has 0 aromatic heterocycles. The Kier molecular flexibility index (Phi) is 4.60. The molecule has 6 heteroatoms. The summed E-state index contributed by atoms with van der Waals surface area (Å²) in [6.45, 7) is 4.50. The van der Waals surface area contributed by atoms with Gasteiger partial charge in [-0.3, -0.25) is 0 Å². The normalized spacial score (nSPS) is 27.8. The summed E-state index contributed by atoms with van der Waals surface area (Å²) in [4.78, 5) is 12.2. The summed E-state index contributed by atoms with van der Waals surface area (Å²) in [5.41, 5.74) is 2.74. The van der Waals surface area contributed by atoms with Gasteiger partial charge in [-0.2, -0.15) is 0 Å². The quantitative estimate of drug-likeness (QED) is 0.803. The van der Waals surface area contributed by atoms with Crippen molar-refractivity contribution >= 4 is 15.9 Å². The van der Waals surface area contributed by atoms with Crippen LogP contribution in [-0.4, -0.2) is 38.0 Å². The van der Waals surface area contributed by atoms with E-state index in [1.54, 1.807) is 0 Å². The highest BCUT2D eigenvalue weighted by Gasteiger charge is 2.31. The zero-order chi connectivity index (χ0) is 17.4. The van der Waals surface area contributed by atoms with Crippen LogP contribution in [0.25, 0.3) is 0 Å². The first-order valence-corrected chi connectivity index (χ1v) is 10.4. The van der Waals surface area contributed by atoms with E-state index in [-0.39, 0.29) is 35.0 Å². The number of urea groups is 1. The summed E-state index contributed by atoms with van der Waals surface area (Å²) in [6, 6.07) is 8.00. The Morgan fingerprint density at radius 1 is 1.12 bits per heavy atom. The van der Waals surface area contributed by atoms with Crippen molar-refractivity contribution in [2.45, 2.75) is 57.0 Å². The molecule has 0 radical (unpaired) electrons. The van der Waals surface area contributed by atoms with Gasteiger partial charge in [0.05, 0.1) is 11.5 Å². The fraction of sp³-hybridized carbons (Fsp3) is 0.611. The predicted octanol–water partition coefficient (Wildman–Crippen LogP) is 2.16. The van der Waals surface area contributed by atoms with Gasteiger partial charge in [0.2, 0.25) is 0 Å². The Morgan fingerprint density at radius 3 is 2.54 bits per heavy atom. The third kappa shape index (κ3) is 3.91. The van der Waals surface area contributed by atoms with Crippen molar-refractivity contribution in [2.75, 3.05) is 11.5 Å². The molecule has 1 aromatic carbocycles. The van der Waals surface area contributed by atoms with Gasteiger partial charge in [0.15, 0.2) is 9.84 Å². The number of carbonyl (C=O) groups excluding carboxylic acids is 1. The molecular weight excluding hydrogens is 324 g/mol. The maximum absolute atomic E-state index is 12.2. The Morgan fingerprint density at radius 2 is 1.83 bits per heavy atom. The average molecular weight is 350 g/mol.